The molecule has 0 bridgehead atoms. The van der Waals surface area contributed by atoms with Gasteiger partial charge in [-0.25, -0.2) is 4.98 Å². The molecule has 1 aliphatic rings. The van der Waals surface area contributed by atoms with E-state index in [1.54, 1.807) is 23.5 Å². The van der Waals surface area contributed by atoms with Crippen molar-refractivity contribution in [2.45, 2.75) is 45.4 Å². The van der Waals surface area contributed by atoms with Crippen LogP contribution in [-0.2, 0) is 13.1 Å². The summed E-state index contributed by atoms with van der Waals surface area (Å²) in [4.78, 5) is 36.2. The van der Waals surface area contributed by atoms with Crippen LogP contribution in [0.3, 0.4) is 0 Å². The van der Waals surface area contributed by atoms with Gasteiger partial charge in [0.25, 0.3) is 11.5 Å². The van der Waals surface area contributed by atoms with Crippen molar-refractivity contribution in [1.29, 1.82) is 0 Å². The fraction of sp³-hybridized carbons (Fsp3) is 0.450. The van der Waals surface area contributed by atoms with Crippen LogP contribution in [0.4, 0.5) is 0 Å². The van der Waals surface area contributed by atoms with Gasteiger partial charge >= 0.3 is 0 Å². The normalized spacial score (nSPS) is 20.2. The Morgan fingerprint density at radius 2 is 2.24 bits per heavy atom. The molecule has 4 rings (SSSR count). The molecule has 1 saturated heterocycles. The number of aryl methyl sites for hydroxylation is 1. The summed E-state index contributed by atoms with van der Waals surface area (Å²) in [6.45, 7) is 6.10. The summed E-state index contributed by atoms with van der Waals surface area (Å²) in [5, 5.41) is 13.0. The van der Waals surface area contributed by atoms with Gasteiger partial charge in [-0.15, -0.1) is 11.3 Å². The molecule has 0 saturated carbocycles. The van der Waals surface area contributed by atoms with Crippen molar-refractivity contribution in [1.82, 2.24) is 24.6 Å². The molecular formula is C20H25N5O3S. The average Bonchev–Trinajstić information content (AvgIpc) is 3.15. The number of hydrogen-bond donors (Lipinski definition) is 3. The van der Waals surface area contributed by atoms with Gasteiger partial charge in [0.1, 0.15) is 5.56 Å². The molecule has 3 N–H and O–H groups in total. The third kappa shape index (κ3) is 4.58. The summed E-state index contributed by atoms with van der Waals surface area (Å²) in [6, 6.07) is 3.32. The zero-order valence-corrected chi connectivity index (χ0v) is 17.4. The number of hydrogen-bond acceptors (Lipinski definition) is 6. The van der Waals surface area contributed by atoms with E-state index in [0.29, 0.717) is 13.1 Å². The van der Waals surface area contributed by atoms with Gasteiger partial charge in [-0.3, -0.25) is 18.9 Å². The average molecular weight is 416 g/mol. The third-order valence-corrected chi connectivity index (χ3v) is 6.03. The topological polar surface area (TPSA) is 103 Å². The molecule has 29 heavy (non-hydrogen) atoms. The Morgan fingerprint density at radius 1 is 1.41 bits per heavy atom. The highest BCUT2D eigenvalue weighted by molar-refractivity contribution is 7.16. The minimum atomic E-state index is -0.696. The molecular weight excluding hydrogens is 390 g/mol. The number of carbonyl (C=O) groups excluding carboxylic acids is 1. The van der Waals surface area contributed by atoms with Crippen LogP contribution in [0.15, 0.2) is 29.3 Å². The quantitative estimate of drug-likeness (QED) is 0.588. The number of nitrogens with zero attached hydrogens (tertiary/aromatic N) is 3. The molecule has 0 aromatic carbocycles. The molecule has 1 aliphatic heterocycles. The van der Waals surface area contributed by atoms with E-state index in [0.717, 1.165) is 35.7 Å². The Labute approximate surface area is 172 Å². The number of thiazole rings is 1. The molecule has 1 amide bonds. The van der Waals surface area contributed by atoms with Crippen molar-refractivity contribution in [3.05, 3.63) is 56.7 Å². The molecule has 0 radical (unpaired) electrons. The van der Waals surface area contributed by atoms with Crippen molar-refractivity contribution in [3.63, 3.8) is 0 Å². The van der Waals surface area contributed by atoms with Gasteiger partial charge in [0.15, 0.2) is 4.96 Å². The second-order valence-corrected chi connectivity index (χ2v) is 9.20. The highest BCUT2D eigenvalue weighted by Crippen LogP contribution is 2.21. The second kappa shape index (κ2) is 7.74. The maximum Gasteiger partial charge on any atom is 0.261 e. The second-order valence-electron chi connectivity index (χ2n) is 7.98. The lowest BCUT2D eigenvalue weighted by Crippen LogP contribution is -2.45. The lowest BCUT2D eigenvalue weighted by molar-refractivity contribution is -0.0185. The highest BCUT2D eigenvalue weighted by Gasteiger charge is 2.28. The molecule has 0 spiro atoms. The number of nitrogens with one attached hydrogen (secondary N) is 2. The number of imidazole rings is 1. The van der Waals surface area contributed by atoms with Crippen LogP contribution in [0.2, 0.25) is 0 Å². The number of fused-ring (bicyclic) bond motifs is 1. The van der Waals surface area contributed by atoms with E-state index in [2.05, 4.69) is 20.2 Å². The Hall–Kier alpha value is -2.49. The van der Waals surface area contributed by atoms with Crippen LogP contribution in [0, 0.1) is 6.92 Å². The molecule has 1 fully saturated rings. The number of pyridine rings is 1. The van der Waals surface area contributed by atoms with Gasteiger partial charge in [0.05, 0.1) is 17.8 Å². The third-order valence-electron chi connectivity index (χ3n) is 5.11. The first kappa shape index (κ1) is 19.8. The lowest BCUT2D eigenvalue weighted by Gasteiger charge is -2.36. The molecule has 0 unspecified atom stereocenters. The predicted molar refractivity (Wildman–Crippen MR) is 111 cm³/mol. The monoisotopic (exact) mass is 415 g/mol. The van der Waals surface area contributed by atoms with E-state index in [1.165, 1.54) is 4.88 Å². The largest absolute Gasteiger partial charge is 0.389 e. The fourth-order valence-corrected chi connectivity index (χ4v) is 4.62. The number of aromatic amines is 1. The molecule has 154 valence electrons. The van der Waals surface area contributed by atoms with Crippen LogP contribution in [0.25, 0.3) is 4.96 Å². The van der Waals surface area contributed by atoms with Gasteiger partial charge in [-0.2, -0.15) is 0 Å². The highest BCUT2D eigenvalue weighted by atomic mass is 32.1. The van der Waals surface area contributed by atoms with Crippen molar-refractivity contribution in [2.24, 2.45) is 0 Å². The molecule has 8 nitrogen and oxygen atoms in total. The van der Waals surface area contributed by atoms with Crippen molar-refractivity contribution >= 4 is 22.2 Å². The van der Waals surface area contributed by atoms with E-state index < -0.39 is 17.1 Å². The molecule has 1 atom stereocenters. The van der Waals surface area contributed by atoms with Gasteiger partial charge in [0.2, 0.25) is 0 Å². The van der Waals surface area contributed by atoms with Crippen molar-refractivity contribution in [3.8, 4) is 0 Å². The van der Waals surface area contributed by atoms with E-state index in [-0.39, 0.29) is 12.1 Å². The Balaban J connectivity index is 1.38. The van der Waals surface area contributed by atoms with E-state index in [9.17, 15) is 14.7 Å². The van der Waals surface area contributed by atoms with E-state index in [1.807, 2.05) is 30.6 Å². The number of β-amino-alcohol motifs (C(OH)–C–C–N with tert-alkyl or cyclic N) is 1. The van der Waals surface area contributed by atoms with E-state index in [4.69, 9.17) is 0 Å². The van der Waals surface area contributed by atoms with Crippen LogP contribution >= 0.6 is 11.3 Å². The lowest BCUT2D eigenvalue weighted by atomic mass is 9.95. The molecule has 0 aliphatic carbocycles. The number of piperidine rings is 1. The summed E-state index contributed by atoms with van der Waals surface area (Å²) in [5.41, 5.74) is 0.448. The van der Waals surface area contributed by atoms with Gasteiger partial charge in [-0.05, 0) is 45.4 Å². The summed E-state index contributed by atoms with van der Waals surface area (Å²) in [6.07, 6.45) is 5.57. The van der Waals surface area contributed by atoms with Gasteiger partial charge in [-0.1, -0.05) is 0 Å². The number of aromatic nitrogens is 3. The van der Waals surface area contributed by atoms with Crippen LogP contribution in [0.5, 0.6) is 0 Å². The Kier molecular flexibility index (Phi) is 5.28. The molecule has 3 aromatic rings. The smallest absolute Gasteiger partial charge is 0.261 e. The van der Waals surface area contributed by atoms with Gasteiger partial charge < -0.3 is 15.4 Å². The van der Waals surface area contributed by atoms with Crippen LogP contribution in [-0.4, -0.2) is 49.0 Å². The number of aliphatic hydroxyl groups is 1. The molecule has 3 aromatic heterocycles. The van der Waals surface area contributed by atoms with Gasteiger partial charge in [0, 0.05) is 36.1 Å². The standard InChI is InChI=1S/C20H25N5O3S/c1-13-9-25-11-15(23-19(25)29-13)8-21-17(26)16-5-4-14(22-18(16)27)10-24-7-3-6-20(2,28)12-24/h4-5,9,11,28H,3,6-8,10,12H2,1-2H3,(H,21,26)(H,22,27)/t20-/m1/s1. The minimum Gasteiger partial charge on any atom is -0.389 e. The van der Waals surface area contributed by atoms with Crippen molar-refractivity contribution in [2.75, 3.05) is 13.1 Å². The molecule has 4 heterocycles. The number of likely N-dealkylation sites (tertiary alicyclic amines) is 1. The number of H-pyrrole nitrogens is 1. The van der Waals surface area contributed by atoms with Crippen molar-refractivity contribution < 1.29 is 9.90 Å². The fourth-order valence-electron chi connectivity index (χ4n) is 3.80. The summed E-state index contributed by atoms with van der Waals surface area (Å²) in [7, 11) is 0. The number of rotatable bonds is 5. The number of carbonyl (C=O) groups is 1. The summed E-state index contributed by atoms with van der Waals surface area (Å²) in [5.74, 6) is -0.425. The SMILES string of the molecule is Cc1cn2cc(CNC(=O)c3ccc(CN4CCC[C@@](C)(O)C4)[nH]c3=O)nc2s1. The van der Waals surface area contributed by atoms with E-state index >= 15 is 0 Å². The van der Waals surface area contributed by atoms with Crippen LogP contribution < -0.4 is 10.9 Å². The first-order chi connectivity index (χ1) is 13.8. The summed E-state index contributed by atoms with van der Waals surface area (Å²) >= 11 is 1.59. The predicted octanol–water partition coefficient (Wildman–Crippen LogP) is 1.67. The number of amides is 1. The zero-order valence-electron chi connectivity index (χ0n) is 16.6. The summed E-state index contributed by atoms with van der Waals surface area (Å²) < 4.78 is 1.93. The molecule has 9 heteroatoms. The van der Waals surface area contributed by atoms with Crippen LogP contribution in [0.1, 0.15) is 46.4 Å². The maximum atomic E-state index is 12.4. The maximum absolute atomic E-state index is 12.4. The zero-order chi connectivity index (χ0) is 20.6. The Bertz CT molecular complexity index is 1070. The Morgan fingerprint density at radius 3 is 2.97 bits per heavy atom. The minimum absolute atomic E-state index is 0.0799. The first-order valence-electron chi connectivity index (χ1n) is 9.68. The first-order valence-corrected chi connectivity index (χ1v) is 10.5.